The van der Waals surface area contributed by atoms with E-state index in [-0.39, 0.29) is 17.8 Å². The Morgan fingerprint density at radius 3 is 2.86 bits per heavy atom. The summed E-state index contributed by atoms with van der Waals surface area (Å²) >= 11 is 11.8. The molecule has 0 aliphatic carbocycles. The van der Waals surface area contributed by atoms with Gasteiger partial charge in [-0.3, -0.25) is 4.79 Å². The lowest BCUT2D eigenvalue weighted by Gasteiger charge is -2.12. The number of hydrogen-bond acceptors (Lipinski definition) is 2. The first-order valence-corrected chi connectivity index (χ1v) is 7.47. The van der Waals surface area contributed by atoms with E-state index in [4.69, 9.17) is 27.9 Å². The van der Waals surface area contributed by atoms with E-state index in [1.165, 1.54) is 18.2 Å². The van der Waals surface area contributed by atoms with Gasteiger partial charge < -0.3 is 10.1 Å². The van der Waals surface area contributed by atoms with E-state index in [1.54, 1.807) is 18.2 Å². The number of amides is 1. The third-order valence-corrected chi connectivity index (χ3v) is 3.98. The van der Waals surface area contributed by atoms with Gasteiger partial charge in [0.2, 0.25) is 0 Å². The second-order valence-corrected chi connectivity index (χ2v) is 5.87. The van der Waals surface area contributed by atoms with Crippen molar-refractivity contribution in [2.24, 2.45) is 0 Å². The molecule has 0 aromatic heterocycles. The Labute approximate surface area is 137 Å². The summed E-state index contributed by atoms with van der Waals surface area (Å²) < 4.78 is 18.8. The number of hydrogen-bond donors (Lipinski definition) is 1. The van der Waals surface area contributed by atoms with Crippen molar-refractivity contribution in [2.75, 3.05) is 6.54 Å². The van der Waals surface area contributed by atoms with Gasteiger partial charge in [0.15, 0.2) is 0 Å². The van der Waals surface area contributed by atoms with Gasteiger partial charge in [0, 0.05) is 17.0 Å². The smallest absolute Gasteiger partial charge is 0.252 e. The van der Waals surface area contributed by atoms with Crippen LogP contribution in [0.1, 0.15) is 15.9 Å². The van der Waals surface area contributed by atoms with Gasteiger partial charge in [0.05, 0.1) is 17.1 Å². The molecule has 22 heavy (non-hydrogen) atoms. The number of benzene rings is 2. The first kappa shape index (κ1) is 15.1. The Hall–Kier alpha value is -1.78. The molecular weight excluding hydrogens is 328 g/mol. The van der Waals surface area contributed by atoms with Gasteiger partial charge in [-0.05, 0) is 36.4 Å². The monoisotopic (exact) mass is 339 g/mol. The van der Waals surface area contributed by atoms with Crippen molar-refractivity contribution < 1.29 is 13.9 Å². The van der Waals surface area contributed by atoms with E-state index in [1.807, 2.05) is 0 Å². The summed E-state index contributed by atoms with van der Waals surface area (Å²) in [5, 5.41) is 3.53. The molecule has 1 N–H and O–H groups in total. The lowest BCUT2D eigenvalue weighted by Crippen LogP contribution is -2.34. The number of ether oxygens (including phenoxy) is 1. The van der Waals surface area contributed by atoms with Crippen LogP contribution in [-0.2, 0) is 6.42 Å². The highest BCUT2D eigenvalue weighted by molar-refractivity contribution is 6.36. The fraction of sp³-hybridized carbons (Fsp3) is 0.188. The number of fused-ring (bicyclic) bond motifs is 1. The molecule has 0 spiro atoms. The van der Waals surface area contributed by atoms with Gasteiger partial charge in [0.1, 0.15) is 17.7 Å². The van der Waals surface area contributed by atoms with Gasteiger partial charge in [0.25, 0.3) is 5.91 Å². The zero-order valence-electron chi connectivity index (χ0n) is 11.4. The van der Waals surface area contributed by atoms with Crippen LogP contribution in [0.15, 0.2) is 36.4 Å². The number of carbonyl (C=O) groups is 1. The minimum atomic E-state index is -0.299. The molecule has 6 heteroatoms. The van der Waals surface area contributed by atoms with Gasteiger partial charge in [-0.15, -0.1) is 0 Å². The zero-order chi connectivity index (χ0) is 15.7. The molecule has 0 saturated carbocycles. The van der Waals surface area contributed by atoms with Crippen LogP contribution in [0.3, 0.4) is 0 Å². The third-order valence-electron chi connectivity index (χ3n) is 3.43. The van der Waals surface area contributed by atoms with Gasteiger partial charge in [-0.1, -0.05) is 23.2 Å². The predicted molar refractivity (Wildman–Crippen MR) is 83.3 cm³/mol. The SMILES string of the molecule is O=C(NCC1Cc2cc(F)ccc2O1)c1ccc(Cl)cc1Cl. The first-order chi connectivity index (χ1) is 10.5. The summed E-state index contributed by atoms with van der Waals surface area (Å²) in [5.41, 5.74) is 1.16. The molecular formula is C16H12Cl2FNO2. The molecule has 1 aliphatic rings. The molecule has 1 amide bonds. The summed E-state index contributed by atoms with van der Waals surface area (Å²) in [4.78, 5) is 12.1. The highest BCUT2D eigenvalue weighted by Gasteiger charge is 2.24. The van der Waals surface area contributed by atoms with Crippen LogP contribution in [0.5, 0.6) is 5.75 Å². The number of rotatable bonds is 3. The van der Waals surface area contributed by atoms with Crippen LogP contribution < -0.4 is 10.1 Å². The number of nitrogens with one attached hydrogen (secondary N) is 1. The molecule has 1 heterocycles. The standard InChI is InChI=1S/C16H12Cl2FNO2/c17-10-1-3-13(14(18)7-10)16(21)20-8-12-6-9-5-11(19)2-4-15(9)22-12/h1-5,7,12H,6,8H2,(H,20,21). The quantitative estimate of drug-likeness (QED) is 0.921. The zero-order valence-corrected chi connectivity index (χ0v) is 12.9. The molecule has 2 aromatic carbocycles. The lowest BCUT2D eigenvalue weighted by atomic mass is 10.1. The van der Waals surface area contributed by atoms with Crippen LogP contribution >= 0.6 is 23.2 Å². The van der Waals surface area contributed by atoms with E-state index >= 15 is 0 Å². The molecule has 1 atom stereocenters. The van der Waals surface area contributed by atoms with E-state index in [9.17, 15) is 9.18 Å². The van der Waals surface area contributed by atoms with Crippen LogP contribution in [-0.4, -0.2) is 18.6 Å². The molecule has 114 valence electrons. The van der Waals surface area contributed by atoms with E-state index in [0.717, 1.165) is 5.56 Å². The van der Waals surface area contributed by atoms with Crippen molar-refractivity contribution in [3.8, 4) is 5.75 Å². The minimum absolute atomic E-state index is 0.216. The molecule has 1 aliphatic heterocycles. The molecule has 0 bridgehead atoms. The minimum Gasteiger partial charge on any atom is -0.488 e. The Bertz CT molecular complexity index is 736. The van der Waals surface area contributed by atoms with E-state index in [0.29, 0.717) is 34.3 Å². The Morgan fingerprint density at radius 2 is 2.09 bits per heavy atom. The van der Waals surface area contributed by atoms with Crippen LogP contribution in [0.25, 0.3) is 0 Å². The maximum atomic E-state index is 13.2. The molecule has 2 aromatic rings. The van der Waals surface area contributed by atoms with Crippen molar-refractivity contribution in [3.05, 3.63) is 63.4 Å². The predicted octanol–water partition coefficient (Wildman–Crippen LogP) is 3.87. The highest BCUT2D eigenvalue weighted by atomic mass is 35.5. The van der Waals surface area contributed by atoms with Crippen molar-refractivity contribution >= 4 is 29.1 Å². The molecule has 3 rings (SSSR count). The Morgan fingerprint density at radius 1 is 1.27 bits per heavy atom. The molecule has 0 saturated heterocycles. The van der Waals surface area contributed by atoms with Crippen molar-refractivity contribution in [1.29, 1.82) is 0 Å². The maximum absolute atomic E-state index is 13.2. The second kappa shape index (κ2) is 6.15. The molecule has 3 nitrogen and oxygen atoms in total. The summed E-state index contributed by atoms with van der Waals surface area (Å²) in [6.07, 6.45) is 0.341. The summed E-state index contributed by atoms with van der Waals surface area (Å²) in [6.45, 7) is 0.314. The van der Waals surface area contributed by atoms with E-state index < -0.39 is 0 Å². The number of carbonyl (C=O) groups excluding carboxylic acids is 1. The molecule has 1 unspecified atom stereocenters. The average Bonchev–Trinajstić information content (AvgIpc) is 2.86. The number of halogens is 3. The average molecular weight is 340 g/mol. The summed E-state index contributed by atoms with van der Waals surface area (Å²) in [7, 11) is 0. The lowest BCUT2D eigenvalue weighted by molar-refractivity contribution is 0.0933. The van der Waals surface area contributed by atoms with Gasteiger partial charge >= 0.3 is 0 Å². The van der Waals surface area contributed by atoms with E-state index in [2.05, 4.69) is 5.32 Å². The van der Waals surface area contributed by atoms with Crippen LogP contribution in [0.2, 0.25) is 10.0 Å². The Balaban J connectivity index is 1.61. The Kier molecular flexibility index (Phi) is 4.23. The third kappa shape index (κ3) is 3.18. The molecule has 0 fully saturated rings. The maximum Gasteiger partial charge on any atom is 0.252 e. The summed E-state index contributed by atoms with van der Waals surface area (Å²) in [6, 6.07) is 9.10. The van der Waals surface area contributed by atoms with Crippen LogP contribution in [0.4, 0.5) is 4.39 Å². The van der Waals surface area contributed by atoms with Crippen molar-refractivity contribution in [2.45, 2.75) is 12.5 Å². The molecule has 0 radical (unpaired) electrons. The first-order valence-electron chi connectivity index (χ1n) is 6.71. The van der Waals surface area contributed by atoms with Crippen molar-refractivity contribution in [1.82, 2.24) is 5.32 Å². The summed E-state index contributed by atoms with van der Waals surface area (Å²) in [5.74, 6) is 0.0672. The van der Waals surface area contributed by atoms with Crippen molar-refractivity contribution in [3.63, 3.8) is 0 Å². The fourth-order valence-corrected chi connectivity index (χ4v) is 2.87. The topological polar surface area (TPSA) is 38.3 Å². The fourth-order valence-electron chi connectivity index (χ4n) is 2.38. The van der Waals surface area contributed by atoms with Gasteiger partial charge in [-0.25, -0.2) is 4.39 Å². The highest BCUT2D eigenvalue weighted by Crippen LogP contribution is 2.29. The normalized spacial score (nSPS) is 16.0. The largest absolute Gasteiger partial charge is 0.488 e. The van der Waals surface area contributed by atoms with Crippen LogP contribution in [0, 0.1) is 5.82 Å². The van der Waals surface area contributed by atoms with Gasteiger partial charge in [-0.2, -0.15) is 0 Å². The second-order valence-electron chi connectivity index (χ2n) is 5.03.